The summed E-state index contributed by atoms with van der Waals surface area (Å²) in [5.74, 6) is 1.66. The molecule has 0 amide bonds. The van der Waals surface area contributed by atoms with Gasteiger partial charge in [-0.15, -0.1) is 0 Å². The summed E-state index contributed by atoms with van der Waals surface area (Å²) < 4.78 is 10.6. The van der Waals surface area contributed by atoms with Gasteiger partial charge < -0.3 is 19.5 Å². The maximum Gasteiger partial charge on any atom is 0.161 e. The average Bonchev–Trinajstić information content (AvgIpc) is 2.72. The summed E-state index contributed by atoms with van der Waals surface area (Å²) in [6.45, 7) is 3.17. The summed E-state index contributed by atoms with van der Waals surface area (Å²) in [4.78, 5) is 2.50. The lowest BCUT2D eigenvalue weighted by Crippen LogP contribution is -2.36. The number of piperidine rings is 1. The third-order valence-electron chi connectivity index (χ3n) is 5.39. The molecule has 0 radical (unpaired) electrons. The van der Waals surface area contributed by atoms with Crippen molar-refractivity contribution in [1.82, 2.24) is 4.90 Å². The monoisotopic (exact) mass is 355 g/mol. The number of aliphatic hydroxyl groups excluding tert-OH is 1. The molecule has 3 rings (SSSR count). The van der Waals surface area contributed by atoms with E-state index in [1.54, 1.807) is 14.2 Å². The molecular weight excluding hydrogens is 326 g/mol. The summed E-state index contributed by atoms with van der Waals surface area (Å²) in [5, 5.41) is 10.8. The molecule has 1 unspecified atom stereocenters. The molecule has 0 aliphatic carbocycles. The zero-order valence-electron chi connectivity index (χ0n) is 15.7. The second kappa shape index (κ2) is 9.06. The Bertz CT molecular complexity index is 681. The molecule has 140 valence electrons. The highest BCUT2D eigenvalue weighted by atomic mass is 16.5. The van der Waals surface area contributed by atoms with Crippen LogP contribution in [0, 0.1) is 5.92 Å². The van der Waals surface area contributed by atoms with Crippen LogP contribution in [0.3, 0.4) is 0 Å². The second-order valence-electron chi connectivity index (χ2n) is 6.97. The third-order valence-corrected chi connectivity index (χ3v) is 5.39. The van der Waals surface area contributed by atoms with Crippen molar-refractivity contribution in [1.29, 1.82) is 0 Å². The molecule has 1 fully saturated rings. The first-order valence-corrected chi connectivity index (χ1v) is 9.37. The van der Waals surface area contributed by atoms with Gasteiger partial charge in [0.1, 0.15) is 0 Å². The van der Waals surface area contributed by atoms with Crippen LogP contribution in [0.4, 0.5) is 0 Å². The van der Waals surface area contributed by atoms with E-state index in [1.165, 1.54) is 5.56 Å². The van der Waals surface area contributed by atoms with Gasteiger partial charge in [-0.05, 0) is 61.5 Å². The first-order chi connectivity index (χ1) is 12.7. The van der Waals surface area contributed by atoms with Crippen LogP contribution in [0.1, 0.15) is 30.1 Å². The van der Waals surface area contributed by atoms with Crippen molar-refractivity contribution in [2.45, 2.75) is 25.4 Å². The van der Waals surface area contributed by atoms with Gasteiger partial charge in [-0.1, -0.05) is 36.4 Å². The molecule has 1 aliphatic rings. The van der Waals surface area contributed by atoms with Gasteiger partial charge in [0, 0.05) is 6.54 Å². The lowest BCUT2D eigenvalue weighted by molar-refractivity contribution is 0.0590. The standard InChI is InChI=1S/C22H29NO3/c1-25-20-9-8-19(16-21(20)26-2)22(24)18-11-14-23(15-12-18)13-10-17-6-4-3-5-7-17/h3-9,16,18,22,24H,10-15H2,1-2H3. The van der Waals surface area contributed by atoms with E-state index < -0.39 is 6.10 Å². The van der Waals surface area contributed by atoms with Gasteiger partial charge >= 0.3 is 0 Å². The molecule has 2 aromatic carbocycles. The zero-order valence-corrected chi connectivity index (χ0v) is 15.7. The highest BCUT2D eigenvalue weighted by Gasteiger charge is 2.26. The molecular formula is C22H29NO3. The summed E-state index contributed by atoms with van der Waals surface area (Å²) in [5.41, 5.74) is 2.30. The molecule has 0 aromatic heterocycles. The van der Waals surface area contributed by atoms with E-state index in [-0.39, 0.29) is 0 Å². The summed E-state index contributed by atoms with van der Waals surface area (Å²) in [7, 11) is 3.25. The number of hydrogen-bond donors (Lipinski definition) is 1. The topological polar surface area (TPSA) is 41.9 Å². The molecule has 26 heavy (non-hydrogen) atoms. The Kier molecular flexibility index (Phi) is 6.53. The molecule has 1 saturated heterocycles. The number of likely N-dealkylation sites (tertiary alicyclic amines) is 1. The van der Waals surface area contributed by atoms with Gasteiger partial charge in [-0.25, -0.2) is 0 Å². The third kappa shape index (κ3) is 4.57. The number of rotatable bonds is 7. The molecule has 1 heterocycles. The Balaban J connectivity index is 1.52. The quantitative estimate of drug-likeness (QED) is 0.822. The van der Waals surface area contributed by atoms with E-state index in [4.69, 9.17) is 9.47 Å². The van der Waals surface area contributed by atoms with E-state index in [0.717, 1.165) is 44.5 Å². The molecule has 4 nitrogen and oxygen atoms in total. The first kappa shape index (κ1) is 18.7. The van der Waals surface area contributed by atoms with Crippen LogP contribution in [0.2, 0.25) is 0 Å². The van der Waals surface area contributed by atoms with Crippen molar-refractivity contribution < 1.29 is 14.6 Å². The van der Waals surface area contributed by atoms with Crippen LogP contribution < -0.4 is 9.47 Å². The fraction of sp³-hybridized carbons (Fsp3) is 0.455. The van der Waals surface area contributed by atoms with Crippen molar-refractivity contribution in [3.63, 3.8) is 0 Å². The van der Waals surface area contributed by atoms with Crippen molar-refractivity contribution in [3.05, 3.63) is 59.7 Å². The molecule has 0 bridgehead atoms. The Morgan fingerprint density at radius 3 is 2.35 bits per heavy atom. The molecule has 1 atom stereocenters. The number of hydrogen-bond acceptors (Lipinski definition) is 4. The van der Waals surface area contributed by atoms with Crippen molar-refractivity contribution in [3.8, 4) is 11.5 Å². The van der Waals surface area contributed by atoms with Crippen molar-refractivity contribution >= 4 is 0 Å². The van der Waals surface area contributed by atoms with E-state index in [1.807, 2.05) is 18.2 Å². The Morgan fingerprint density at radius 2 is 1.69 bits per heavy atom. The number of benzene rings is 2. The first-order valence-electron chi connectivity index (χ1n) is 9.37. The summed E-state index contributed by atoms with van der Waals surface area (Å²) in [6, 6.07) is 16.3. The summed E-state index contributed by atoms with van der Waals surface area (Å²) >= 11 is 0. The van der Waals surface area contributed by atoms with E-state index in [0.29, 0.717) is 17.4 Å². The van der Waals surface area contributed by atoms with Crippen LogP contribution in [0.25, 0.3) is 0 Å². The van der Waals surface area contributed by atoms with E-state index in [2.05, 4.69) is 35.2 Å². The highest BCUT2D eigenvalue weighted by molar-refractivity contribution is 5.43. The molecule has 1 aliphatic heterocycles. The van der Waals surface area contributed by atoms with E-state index in [9.17, 15) is 5.11 Å². The predicted molar refractivity (Wildman–Crippen MR) is 104 cm³/mol. The number of nitrogens with zero attached hydrogens (tertiary/aromatic N) is 1. The SMILES string of the molecule is COc1ccc(C(O)C2CCN(CCc3ccccc3)CC2)cc1OC. The van der Waals surface area contributed by atoms with Gasteiger partial charge in [0.05, 0.1) is 20.3 Å². The van der Waals surface area contributed by atoms with Gasteiger partial charge in [0.15, 0.2) is 11.5 Å². The number of methoxy groups -OCH3 is 2. The number of aliphatic hydroxyl groups is 1. The largest absolute Gasteiger partial charge is 0.493 e. The zero-order chi connectivity index (χ0) is 18.4. The molecule has 0 saturated carbocycles. The van der Waals surface area contributed by atoms with Gasteiger partial charge in [-0.2, -0.15) is 0 Å². The fourth-order valence-corrected chi connectivity index (χ4v) is 3.73. The lowest BCUT2D eigenvalue weighted by atomic mass is 9.87. The second-order valence-corrected chi connectivity index (χ2v) is 6.97. The van der Waals surface area contributed by atoms with Crippen LogP contribution in [-0.2, 0) is 6.42 Å². The minimum atomic E-state index is -0.453. The van der Waals surface area contributed by atoms with Crippen molar-refractivity contribution in [2.24, 2.45) is 5.92 Å². The lowest BCUT2D eigenvalue weighted by Gasteiger charge is -2.34. The van der Waals surface area contributed by atoms with Gasteiger partial charge in [0.25, 0.3) is 0 Å². The normalized spacial score (nSPS) is 17.0. The minimum Gasteiger partial charge on any atom is -0.493 e. The molecule has 0 spiro atoms. The molecule has 4 heteroatoms. The van der Waals surface area contributed by atoms with Gasteiger partial charge in [-0.3, -0.25) is 0 Å². The van der Waals surface area contributed by atoms with Crippen LogP contribution in [-0.4, -0.2) is 43.9 Å². The molecule has 1 N–H and O–H groups in total. The average molecular weight is 355 g/mol. The maximum atomic E-state index is 10.8. The molecule has 2 aromatic rings. The number of ether oxygens (including phenoxy) is 2. The van der Waals surface area contributed by atoms with Crippen molar-refractivity contribution in [2.75, 3.05) is 33.9 Å². The summed E-state index contributed by atoms with van der Waals surface area (Å²) in [6.07, 6.45) is 2.67. The van der Waals surface area contributed by atoms with Gasteiger partial charge in [0.2, 0.25) is 0 Å². The van der Waals surface area contributed by atoms with Crippen LogP contribution in [0.5, 0.6) is 11.5 Å². The minimum absolute atomic E-state index is 0.293. The van der Waals surface area contributed by atoms with Crippen LogP contribution >= 0.6 is 0 Å². The fourth-order valence-electron chi connectivity index (χ4n) is 3.73. The Labute approximate surface area is 156 Å². The highest BCUT2D eigenvalue weighted by Crippen LogP contribution is 2.35. The smallest absolute Gasteiger partial charge is 0.161 e. The maximum absolute atomic E-state index is 10.8. The Hall–Kier alpha value is -2.04. The van der Waals surface area contributed by atoms with Crippen LogP contribution in [0.15, 0.2) is 48.5 Å². The predicted octanol–water partition coefficient (Wildman–Crippen LogP) is 3.69. The van der Waals surface area contributed by atoms with E-state index >= 15 is 0 Å². The Morgan fingerprint density at radius 1 is 1.00 bits per heavy atom.